The molecule has 2 aromatic rings. The van der Waals surface area contributed by atoms with Crippen LogP contribution in [0, 0.1) is 0 Å². The second-order valence-corrected chi connectivity index (χ2v) is 5.79. The van der Waals surface area contributed by atoms with Gasteiger partial charge in [0, 0.05) is 0 Å². The summed E-state index contributed by atoms with van der Waals surface area (Å²) in [6.45, 7) is 2.20. The monoisotopic (exact) mass is 287 g/mol. The van der Waals surface area contributed by atoms with Gasteiger partial charge in [0.25, 0.3) is 0 Å². The molecule has 0 atom stereocenters. The molecule has 2 rings (SSSR count). The number of benzene rings is 1. The number of nitrogens with zero attached hydrogens (tertiary/aromatic N) is 1. The quantitative estimate of drug-likeness (QED) is 0.636. The van der Waals surface area contributed by atoms with E-state index in [-0.39, 0.29) is 11.7 Å². The number of esters is 1. The summed E-state index contributed by atoms with van der Waals surface area (Å²) in [6, 6.07) is 5.61. The van der Waals surface area contributed by atoms with Gasteiger partial charge in [-0.3, -0.25) is 4.79 Å². The van der Waals surface area contributed by atoms with Crippen LogP contribution in [0.25, 0.3) is 10.2 Å². The second kappa shape index (κ2) is 5.71. The normalized spacial score (nSPS) is 10.7. The third kappa shape index (κ3) is 3.12. The lowest BCUT2D eigenvalue weighted by Gasteiger charge is -1.98. The third-order valence-electron chi connectivity index (χ3n) is 1.97. The van der Waals surface area contributed by atoms with Gasteiger partial charge in [-0.2, -0.15) is 0 Å². The predicted octanol–water partition coefficient (Wildman–Crippen LogP) is 3.60. The highest BCUT2D eigenvalue weighted by molar-refractivity contribution is 8.01. The van der Waals surface area contributed by atoms with Crippen molar-refractivity contribution in [2.45, 2.75) is 11.3 Å². The Morgan fingerprint density at radius 1 is 1.59 bits per heavy atom. The Labute approximate surface area is 112 Å². The lowest BCUT2D eigenvalue weighted by molar-refractivity contribution is -0.139. The molecule has 0 radical (unpaired) electrons. The van der Waals surface area contributed by atoms with Crippen molar-refractivity contribution in [1.29, 1.82) is 0 Å². The highest BCUT2D eigenvalue weighted by atomic mass is 35.5. The fraction of sp³-hybridized carbons (Fsp3) is 0.273. The molecule has 90 valence electrons. The molecule has 0 aliphatic heterocycles. The van der Waals surface area contributed by atoms with Crippen molar-refractivity contribution in [3.63, 3.8) is 0 Å². The number of hydrogen-bond donors (Lipinski definition) is 0. The lowest BCUT2D eigenvalue weighted by Crippen LogP contribution is -2.06. The van der Waals surface area contributed by atoms with E-state index < -0.39 is 0 Å². The molecule has 3 nitrogen and oxygen atoms in total. The molecule has 0 spiro atoms. The molecule has 0 unspecified atom stereocenters. The van der Waals surface area contributed by atoms with E-state index >= 15 is 0 Å². The third-order valence-corrected chi connectivity index (χ3v) is 4.61. The highest BCUT2D eigenvalue weighted by Gasteiger charge is 2.09. The number of thiazole rings is 1. The molecule has 0 N–H and O–H groups in total. The number of fused-ring (bicyclic) bond motifs is 1. The summed E-state index contributed by atoms with van der Waals surface area (Å²) < 4.78 is 6.65. The van der Waals surface area contributed by atoms with Crippen LogP contribution < -0.4 is 0 Å². The zero-order valence-electron chi connectivity index (χ0n) is 9.10. The number of rotatable bonds is 4. The number of hydrogen-bond acceptors (Lipinski definition) is 5. The van der Waals surface area contributed by atoms with Crippen molar-refractivity contribution >= 4 is 50.9 Å². The standard InChI is InChI=1S/C11H10ClNO2S2/c1-2-15-9(14)6-16-11-13-8-5-3-4-7(12)10(8)17-11/h3-5H,2,6H2,1H3. The van der Waals surface area contributed by atoms with E-state index in [1.54, 1.807) is 6.92 Å². The number of thioether (sulfide) groups is 1. The van der Waals surface area contributed by atoms with Crippen LogP contribution in [-0.2, 0) is 9.53 Å². The smallest absolute Gasteiger partial charge is 0.316 e. The zero-order chi connectivity index (χ0) is 12.3. The molecule has 0 saturated heterocycles. The average Bonchev–Trinajstić information content (AvgIpc) is 2.71. The second-order valence-electron chi connectivity index (χ2n) is 3.16. The first-order valence-electron chi connectivity index (χ1n) is 5.04. The molecule has 0 amide bonds. The number of halogens is 1. The average molecular weight is 288 g/mol. The largest absolute Gasteiger partial charge is 0.465 e. The number of ether oxygens (including phenoxy) is 1. The van der Waals surface area contributed by atoms with Crippen LogP contribution in [0.3, 0.4) is 0 Å². The predicted molar refractivity (Wildman–Crippen MR) is 72.0 cm³/mol. The highest BCUT2D eigenvalue weighted by Crippen LogP contribution is 2.33. The minimum Gasteiger partial charge on any atom is -0.465 e. The number of carbonyl (C=O) groups excluding carboxylic acids is 1. The molecule has 0 bridgehead atoms. The maximum Gasteiger partial charge on any atom is 0.316 e. The molecule has 1 heterocycles. The van der Waals surface area contributed by atoms with Crippen LogP contribution in [0.15, 0.2) is 22.5 Å². The molecule has 6 heteroatoms. The Morgan fingerprint density at radius 2 is 2.41 bits per heavy atom. The fourth-order valence-corrected chi connectivity index (χ4v) is 3.42. The van der Waals surface area contributed by atoms with E-state index in [0.29, 0.717) is 11.6 Å². The van der Waals surface area contributed by atoms with Gasteiger partial charge in [-0.15, -0.1) is 11.3 Å². The van der Waals surface area contributed by atoms with Crippen LogP contribution in [0.2, 0.25) is 5.02 Å². The summed E-state index contributed by atoms with van der Waals surface area (Å²) in [6.07, 6.45) is 0. The summed E-state index contributed by atoms with van der Waals surface area (Å²) in [5, 5.41) is 0.697. The van der Waals surface area contributed by atoms with E-state index in [0.717, 1.165) is 14.6 Å². The maximum atomic E-state index is 11.2. The van der Waals surface area contributed by atoms with Gasteiger partial charge in [0.1, 0.15) is 0 Å². The minimum absolute atomic E-state index is 0.220. The molecule has 0 saturated carbocycles. The van der Waals surface area contributed by atoms with Crippen LogP contribution >= 0.6 is 34.7 Å². The van der Waals surface area contributed by atoms with E-state index in [1.807, 2.05) is 18.2 Å². The van der Waals surface area contributed by atoms with Gasteiger partial charge in [0.2, 0.25) is 0 Å². The molecule has 1 aromatic heterocycles. The van der Waals surface area contributed by atoms with Gasteiger partial charge in [-0.25, -0.2) is 4.98 Å². The number of aromatic nitrogens is 1. The van der Waals surface area contributed by atoms with Crippen LogP contribution in [0.4, 0.5) is 0 Å². The Kier molecular flexibility index (Phi) is 4.25. The first kappa shape index (κ1) is 12.7. The first-order valence-corrected chi connectivity index (χ1v) is 7.22. The molecule has 0 aliphatic carbocycles. The molecule has 0 fully saturated rings. The Bertz CT molecular complexity index is 541. The maximum absolute atomic E-state index is 11.2. The van der Waals surface area contributed by atoms with Gasteiger partial charge >= 0.3 is 5.97 Å². The van der Waals surface area contributed by atoms with E-state index in [4.69, 9.17) is 16.3 Å². The minimum atomic E-state index is -0.220. The molecular formula is C11H10ClNO2S2. The van der Waals surface area contributed by atoms with Crippen LogP contribution in [-0.4, -0.2) is 23.3 Å². The van der Waals surface area contributed by atoms with Gasteiger partial charge in [-0.1, -0.05) is 29.4 Å². The first-order chi connectivity index (χ1) is 8.20. The summed E-state index contributed by atoms with van der Waals surface area (Å²) in [7, 11) is 0. The molecule has 1 aromatic carbocycles. The van der Waals surface area contributed by atoms with Gasteiger partial charge in [-0.05, 0) is 19.1 Å². The SMILES string of the molecule is CCOC(=O)CSc1nc2cccc(Cl)c2s1. The van der Waals surface area contributed by atoms with Gasteiger partial charge in [0.15, 0.2) is 4.34 Å². The Balaban J connectivity index is 2.10. The summed E-state index contributed by atoms with van der Waals surface area (Å²) in [5.74, 6) is 0.0634. The van der Waals surface area contributed by atoms with Crippen molar-refractivity contribution in [1.82, 2.24) is 4.98 Å². The van der Waals surface area contributed by atoms with Crippen molar-refractivity contribution < 1.29 is 9.53 Å². The summed E-state index contributed by atoms with van der Waals surface area (Å²) in [5.41, 5.74) is 0.869. The van der Waals surface area contributed by atoms with Gasteiger partial charge < -0.3 is 4.74 Å². The molecule has 17 heavy (non-hydrogen) atoms. The number of carbonyl (C=O) groups is 1. The lowest BCUT2D eigenvalue weighted by atomic mass is 10.3. The van der Waals surface area contributed by atoms with E-state index in [9.17, 15) is 4.79 Å². The topological polar surface area (TPSA) is 39.2 Å². The Hall–Kier alpha value is -0.780. The van der Waals surface area contributed by atoms with E-state index in [2.05, 4.69) is 4.98 Å². The van der Waals surface area contributed by atoms with Crippen LogP contribution in [0.5, 0.6) is 0 Å². The summed E-state index contributed by atoms with van der Waals surface area (Å²) >= 11 is 8.93. The zero-order valence-corrected chi connectivity index (χ0v) is 11.5. The van der Waals surface area contributed by atoms with Crippen molar-refractivity contribution in [2.24, 2.45) is 0 Å². The fourth-order valence-electron chi connectivity index (χ4n) is 1.28. The van der Waals surface area contributed by atoms with Crippen molar-refractivity contribution in [3.8, 4) is 0 Å². The van der Waals surface area contributed by atoms with Crippen LogP contribution in [0.1, 0.15) is 6.92 Å². The van der Waals surface area contributed by atoms with Crippen molar-refractivity contribution in [3.05, 3.63) is 23.2 Å². The van der Waals surface area contributed by atoms with E-state index in [1.165, 1.54) is 23.1 Å². The Morgan fingerprint density at radius 3 is 3.12 bits per heavy atom. The molecule has 0 aliphatic rings. The summed E-state index contributed by atoms with van der Waals surface area (Å²) in [4.78, 5) is 15.6. The van der Waals surface area contributed by atoms with Gasteiger partial charge in [0.05, 0.1) is 27.6 Å². The van der Waals surface area contributed by atoms with Crippen molar-refractivity contribution in [2.75, 3.05) is 12.4 Å². The molecular weight excluding hydrogens is 278 g/mol.